The molecule has 0 N–H and O–H groups in total. The monoisotopic (exact) mass is 301 g/mol. The zero-order chi connectivity index (χ0) is 15.9. The summed E-state index contributed by atoms with van der Waals surface area (Å²) in [4.78, 5) is 22.6. The summed E-state index contributed by atoms with van der Waals surface area (Å²) in [5, 5.41) is 9.16. The van der Waals surface area contributed by atoms with Gasteiger partial charge in [0.1, 0.15) is 11.9 Å². The normalized spacial score (nSPS) is 15.4. The third-order valence-electron chi connectivity index (χ3n) is 4.05. The number of likely N-dealkylation sites (N-methyl/N-ethyl adjacent to an activating group) is 1. The van der Waals surface area contributed by atoms with Crippen molar-refractivity contribution in [1.82, 2.24) is 14.8 Å². The molecule has 2 heterocycles. The van der Waals surface area contributed by atoms with Crippen LogP contribution in [0.15, 0.2) is 18.3 Å². The number of hydrogen-bond acceptors (Lipinski definition) is 5. The van der Waals surface area contributed by atoms with Gasteiger partial charge in [-0.1, -0.05) is 0 Å². The molecule has 2 rings (SSSR count). The standard InChI is InChI=1S/C16H23N5O/c1-3-20(4-2)15(22)13-19-8-10-21(11-9-19)16-14(12-17)6-5-7-18-16/h5-7H,3-4,8-11,13H2,1-2H3. The molecule has 118 valence electrons. The van der Waals surface area contributed by atoms with E-state index >= 15 is 0 Å². The maximum Gasteiger partial charge on any atom is 0.236 e. The van der Waals surface area contributed by atoms with Crippen LogP contribution in [0.1, 0.15) is 19.4 Å². The Kier molecular flexibility index (Phi) is 5.73. The lowest BCUT2D eigenvalue weighted by molar-refractivity contribution is -0.132. The molecular weight excluding hydrogens is 278 g/mol. The van der Waals surface area contributed by atoms with Crippen molar-refractivity contribution < 1.29 is 4.79 Å². The molecule has 22 heavy (non-hydrogen) atoms. The van der Waals surface area contributed by atoms with Crippen LogP contribution >= 0.6 is 0 Å². The van der Waals surface area contributed by atoms with Gasteiger partial charge in [-0.05, 0) is 26.0 Å². The lowest BCUT2D eigenvalue weighted by Crippen LogP contribution is -2.50. The van der Waals surface area contributed by atoms with Gasteiger partial charge in [0.25, 0.3) is 0 Å². The molecule has 0 bridgehead atoms. The molecule has 0 aliphatic carbocycles. The molecule has 0 unspecified atom stereocenters. The zero-order valence-corrected chi connectivity index (χ0v) is 13.3. The SMILES string of the molecule is CCN(CC)C(=O)CN1CCN(c2ncccc2C#N)CC1. The fourth-order valence-corrected chi connectivity index (χ4v) is 2.72. The largest absolute Gasteiger partial charge is 0.353 e. The second-order valence-electron chi connectivity index (χ2n) is 5.32. The number of nitrogens with zero attached hydrogens (tertiary/aromatic N) is 5. The van der Waals surface area contributed by atoms with E-state index in [-0.39, 0.29) is 5.91 Å². The summed E-state index contributed by atoms with van der Waals surface area (Å²) >= 11 is 0. The van der Waals surface area contributed by atoms with Crippen LogP contribution in [0.4, 0.5) is 5.82 Å². The van der Waals surface area contributed by atoms with E-state index in [9.17, 15) is 4.79 Å². The Hall–Kier alpha value is -2.13. The average molecular weight is 301 g/mol. The number of hydrogen-bond donors (Lipinski definition) is 0. The van der Waals surface area contributed by atoms with Gasteiger partial charge in [0.15, 0.2) is 0 Å². The van der Waals surface area contributed by atoms with Gasteiger partial charge in [-0.25, -0.2) is 4.98 Å². The highest BCUT2D eigenvalue weighted by molar-refractivity contribution is 5.78. The van der Waals surface area contributed by atoms with Gasteiger partial charge in [-0.2, -0.15) is 5.26 Å². The number of piperazine rings is 1. The zero-order valence-electron chi connectivity index (χ0n) is 13.3. The number of anilines is 1. The molecule has 1 amide bonds. The topological polar surface area (TPSA) is 63.5 Å². The third-order valence-corrected chi connectivity index (χ3v) is 4.05. The molecule has 0 aromatic carbocycles. The Balaban J connectivity index is 1.91. The molecule has 1 saturated heterocycles. The second kappa shape index (κ2) is 7.76. The minimum absolute atomic E-state index is 0.189. The van der Waals surface area contributed by atoms with Crippen LogP contribution in [-0.2, 0) is 4.79 Å². The first kappa shape index (κ1) is 16.2. The molecular formula is C16H23N5O. The van der Waals surface area contributed by atoms with Crippen molar-refractivity contribution >= 4 is 11.7 Å². The summed E-state index contributed by atoms with van der Waals surface area (Å²) in [5.74, 6) is 0.939. The minimum Gasteiger partial charge on any atom is -0.353 e. The van der Waals surface area contributed by atoms with Crippen LogP contribution in [0.2, 0.25) is 0 Å². The first-order chi connectivity index (χ1) is 10.7. The Morgan fingerprint density at radius 2 is 2.00 bits per heavy atom. The van der Waals surface area contributed by atoms with Gasteiger partial charge in [-0.15, -0.1) is 0 Å². The van der Waals surface area contributed by atoms with Gasteiger partial charge < -0.3 is 9.80 Å². The maximum atomic E-state index is 12.1. The maximum absolute atomic E-state index is 12.1. The van der Waals surface area contributed by atoms with E-state index in [0.29, 0.717) is 12.1 Å². The smallest absolute Gasteiger partial charge is 0.236 e. The van der Waals surface area contributed by atoms with Gasteiger partial charge in [0.2, 0.25) is 5.91 Å². The van der Waals surface area contributed by atoms with Crippen LogP contribution in [0.3, 0.4) is 0 Å². The quantitative estimate of drug-likeness (QED) is 0.810. The number of rotatable bonds is 5. The number of aromatic nitrogens is 1. The summed E-state index contributed by atoms with van der Waals surface area (Å²) in [5.41, 5.74) is 0.607. The summed E-state index contributed by atoms with van der Waals surface area (Å²) in [6.45, 7) is 9.21. The van der Waals surface area contributed by atoms with Crippen molar-refractivity contribution in [2.75, 3.05) is 50.7 Å². The van der Waals surface area contributed by atoms with Crippen LogP contribution in [0.25, 0.3) is 0 Å². The van der Waals surface area contributed by atoms with Gasteiger partial charge >= 0.3 is 0 Å². The average Bonchev–Trinajstić information content (AvgIpc) is 2.56. The van der Waals surface area contributed by atoms with Crippen molar-refractivity contribution in [3.05, 3.63) is 23.9 Å². The highest BCUT2D eigenvalue weighted by Gasteiger charge is 2.22. The molecule has 0 radical (unpaired) electrons. The molecule has 0 saturated carbocycles. The van der Waals surface area contributed by atoms with Crippen molar-refractivity contribution in [2.45, 2.75) is 13.8 Å². The van der Waals surface area contributed by atoms with E-state index in [1.807, 2.05) is 18.7 Å². The predicted molar refractivity (Wildman–Crippen MR) is 85.5 cm³/mol. The molecule has 1 aliphatic heterocycles. The molecule has 6 nitrogen and oxygen atoms in total. The number of amides is 1. The number of carbonyl (C=O) groups is 1. The van der Waals surface area contributed by atoms with Crippen molar-refractivity contribution in [2.24, 2.45) is 0 Å². The fourth-order valence-electron chi connectivity index (χ4n) is 2.72. The Labute approximate surface area is 131 Å². The molecule has 0 atom stereocenters. The van der Waals surface area contributed by atoms with Crippen LogP contribution in [0, 0.1) is 11.3 Å². The number of nitriles is 1. The second-order valence-corrected chi connectivity index (χ2v) is 5.32. The van der Waals surface area contributed by atoms with Crippen LogP contribution in [0.5, 0.6) is 0 Å². The Morgan fingerprint density at radius 1 is 1.32 bits per heavy atom. The molecule has 1 aromatic heterocycles. The van der Waals surface area contributed by atoms with Gasteiger partial charge in [0.05, 0.1) is 12.1 Å². The Bertz CT molecular complexity index is 542. The molecule has 0 spiro atoms. The van der Waals surface area contributed by atoms with E-state index in [0.717, 1.165) is 45.1 Å². The summed E-state index contributed by atoms with van der Waals surface area (Å²) in [6, 6.07) is 5.76. The summed E-state index contributed by atoms with van der Waals surface area (Å²) in [6.07, 6.45) is 1.71. The highest BCUT2D eigenvalue weighted by atomic mass is 16.2. The first-order valence-corrected chi connectivity index (χ1v) is 7.79. The predicted octanol–water partition coefficient (Wildman–Crippen LogP) is 0.944. The summed E-state index contributed by atoms with van der Waals surface area (Å²) in [7, 11) is 0. The minimum atomic E-state index is 0.189. The van der Waals surface area contributed by atoms with Crippen LogP contribution < -0.4 is 4.90 Å². The van der Waals surface area contributed by atoms with E-state index in [4.69, 9.17) is 5.26 Å². The van der Waals surface area contributed by atoms with Crippen molar-refractivity contribution in [3.8, 4) is 6.07 Å². The van der Waals surface area contributed by atoms with Crippen LogP contribution in [-0.4, -0.2) is 66.5 Å². The molecule has 1 aliphatic rings. The fraction of sp³-hybridized carbons (Fsp3) is 0.562. The summed E-state index contributed by atoms with van der Waals surface area (Å²) < 4.78 is 0. The van der Waals surface area contributed by atoms with Gasteiger partial charge in [0, 0.05) is 45.5 Å². The lowest BCUT2D eigenvalue weighted by atomic mass is 10.2. The van der Waals surface area contributed by atoms with E-state index in [1.54, 1.807) is 18.3 Å². The molecule has 1 fully saturated rings. The first-order valence-electron chi connectivity index (χ1n) is 7.79. The van der Waals surface area contributed by atoms with E-state index < -0.39 is 0 Å². The third kappa shape index (κ3) is 3.74. The number of pyridine rings is 1. The highest BCUT2D eigenvalue weighted by Crippen LogP contribution is 2.17. The van der Waals surface area contributed by atoms with Crippen molar-refractivity contribution in [1.29, 1.82) is 5.26 Å². The van der Waals surface area contributed by atoms with E-state index in [1.165, 1.54) is 0 Å². The lowest BCUT2D eigenvalue weighted by Gasteiger charge is -2.36. The number of carbonyl (C=O) groups excluding carboxylic acids is 1. The Morgan fingerprint density at radius 3 is 2.59 bits per heavy atom. The molecule has 1 aromatic rings. The van der Waals surface area contributed by atoms with Gasteiger partial charge in [-0.3, -0.25) is 9.69 Å². The van der Waals surface area contributed by atoms with E-state index in [2.05, 4.69) is 20.9 Å². The van der Waals surface area contributed by atoms with Crippen molar-refractivity contribution in [3.63, 3.8) is 0 Å². The molecule has 6 heteroatoms.